The first-order valence-corrected chi connectivity index (χ1v) is 14.2. The molecule has 5 atom stereocenters. The molecule has 6 heteroatoms. The highest BCUT2D eigenvalue weighted by molar-refractivity contribution is 9.10. The van der Waals surface area contributed by atoms with E-state index in [9.17, 15) is 9.90 Å². The first-order valence-electron chi connectivity index (χ1n) is 11.4. The average Bonchev–Trinajstić information content (AvgIpc) is 2.71. The van der Waals surface area contributed by atoms with Gasteiger partial charge in [0.15, 0.2) is 0 Å². The van der Waals surface area contributed by atoms with Crippen molar-refractivity contribution in [3.8, 4) is 0 Å². The molecule has 0 saturated carbocycles. The van der Waals surface area contributed by atoms with Gasteiger partial charge < -0.3 is 9.84 Å². The van der Waals surface area contributed by atoms with Crippen LogP contribution in [0.15, 0.2) is 35.4 Å². The Balaban J connectivity index is 2.07. The minimum Gasteiger partial charge on any atom is -0.455 e. The molecule has 0 saturated heterocycles. The van der Waals surface area contributed by atoms with Crippen molar-refractivity contribution in [3.63, 3.8) is 0 Å². The van der Waals surface area contributed by atoms with Crippen LogP contribution >= 0.6 is 47.8 Å². The molecule has 1 N–H and O–H groups in total. The van der Waals surface area contributed by atoms with Crippen LogP contribution in [0.25, 0.3) is 0 Å². The number of rotatable bonds is 0. The van der Waals surface area contributed by atoms with E-state index in [1.54, 1.807) is 0 Å². The van der Waals surface area contributed by atoms with Crippen molar-refractivity contribution < 1.29 is 14.6 Å². The maximum absolute atomic E-state index is 13.0. The molecule has 0 unspecified atom stereocenters. The summed E-state index contributed by atoms with van der Waals surface area (Å²) in [5.74, 6) is -0.332. The molecule has 0 radical (unpaired) electrons. The topological polar surface area (TPSA) is 46.5 Å². The third kappa shape index (κ3) is 5.55. The van der Waals surface area contributed by atoms with Crippen LogP contribution in [0.1, 0.15) is 82.6 Å². The number of hydrogen-bond donors (Lipinski definition) is 1. The number of carbonyl (C=O) groups excluding carboxylic acids is 1. The lowest BCUT2D eigenvalue weighted by atomic mass is 9.66. The third-order valence-corrected chi connectivity index (χ3v) is 11.8. The highest BCUT2D eigenvalue weighted by Gasteiger charge is 2.43. The van der Waals surface area contributed by atoms with Gasteiger partial charge in [0, 0.05) is 15.1 Å². The maximum atomic E-state index is 13.0. The maximum Gasteiger partial charge on any atom is 0.338 e. The molecule has 3 rings (SSSR count). The van der Waals surface area contributed by atoms with Crippen LogP contribution in [0, 0.1) is 5.41 Å². The molecule has 2 bridgehead atoms. The number of fused-ring (bicyclic) bond motifs is 3. The second kappa shape index (κ2) is 9.83. The van der Waals surface area contributed by atoms with Gasteiger partial charge in [-0.05, 0) is 83.9 Å². The summed E-state index contributed by atoms with van der Waals surface area (Å²) in [7, 11) is 0. The summed E-state index contributed by atoms with van der Waals surface area (Å²) in [5.41, 5.74) is 2.84. The number of cyclic esters (lactones) is 1. The van der Waals surface area contributed by atoms with Crippen LogP contribution in [0.4, 0.5) is 0 Å². The van der Waals surface area contributed by atoms with Gasteiger partial charge in [-0.2, -0.15) is 0 Å². The molecule has 1 aromatic carbocycles. The zero-order valence-electron chi connectivity index (χ0n) is 19.7. The Bertz CT molecular complexity index is 892. The fraction of sp³-hybridized carbons (Fsp3) is 0.654. The van der Waals surface area contributed by atoms with Gasteiger partial charge in [0.1, 0.15) is 5.60 Å². The molecule has 1 heterocycles. The summed E-state index contributed by atoms with van der Waals surface area (Å²) in [6, 6.07) is 7.85. The molecule has 0 aromatic heterocycles. The number of carbonyl (C=O) groups is 1. The van der Waals surface area contributed by atoms with Crippen molar-refractivity contribution in [1.29, 1.82) is 0 Å². The lowest BCUT2D eigenvalue weighted by Crippen LogP contribution is -2.46. The van der Waals surface area contributed by atoms with Crippen LogP contribution < -0.4 is 0 Å². The quantitative estimate of drug-likeness (QED) is 0.183. The zero-order chi connectivity index (χ0) is 23.9. The van der Waals surface area contributed by atoms with E-state index in [0.29, 0.717) is 16.8 Å². The number of allylic oxidation sites excluding steroid dienone is 2. The summed E-state index contributed by atoms with van der Waals surface area (Å²) in [6.07, 6.45) is 5.28. The Hall–Kier alpha value is -0.170. The molecule has 2 aliphatic rings. The molecule has 1 aliphatic carbocycles. The molecule has 0 spiro atoms. The van der Waals surface area contributed by atoms with Crippen LogP contribution in [0.3, 0.4) is 0 Å². The van der Waals surface area contributed by atoms with Gasteiger partial charge in [-0.25, -0.2) is 4.79 Å². The number of hydrogen-bond acceptors (Lipinski definition) is 3. The van der Waals surface area contributed by atoms with Crippen LogP contribution in [0.5, 0.6) is 0 Å². The first-order chi connectivity index (χ1) is 14.8. The van der Waals surface area contributed by atoms with Crippen LogP contribution in [-0.4, -0.2) is 36.8 Å². The van der Waals surface area contributed by atoms with Gasteiger partial charge in [0.2, 0.25) is 0 Å². The van der Waals surface area contributed by atoms with Crippen molar-refractivity contribution in [2.75, 3.05) is 0 Å². The third-order valence-electron chi connectivity index (χ3n) is 7.51. The van der Waals surface area contributed by atoms with Gasteiger partial charge in [0.05, 0.1) is 16.0 Å². The molecule has 0 fully saturated rings. The van der Waals surface area contributed by atoms with Crippen molar-refractivity contribution in [1.82, 2.24) is 0 Å². The Morgan fingerprint density at radius 3 is 2.41 bits per heavy atom. The highest BCUT2D eigenvalue weighted by Crippen LogP contribution is 2.50. The number of ether oxygens (including phenoxy) is 1. The monoisotopic (exact) mass is 632 g/mol. The number of alkyl halides is 3. The predicted molar refractivity (Wildman–Crippen MR) is 142 cm³/mol. The lowest BCUT2D eigenvalue weighted by Gasteiger charge is -2.44. The highest BCUT2D eigenvalue weighted by atomic mass is 79.9. The van der Waals surface area contributed by atoms with E-state index < -0.39 is 11.2 Å². The summed E-state index contributed by atoms with van der Waals surface area (Å²) < 4.78 is 5.93. The Morgan fingerprint density at radius 2 is 1.72 bits per heavy atom. The van der Waals surface area contributed by atoms with E-state index in [2.05, 4.69) is 67.7 Å². The fourth-order valence-corrected chi connectivity index (χ4v) is 6.90. The molecular formula is C26H35Br3O3. The number of halogens is 3. The smallest absolute Gasteiger partial charge is 0.338 e. The van der Waals surface area contributed by atoms with E-state index in [4.69, 9.17) is 4.74 Å². The summed E-state index contributed by atoms with van der Waals surface area (Å²) >= 11 is 11.5. The van der Waals surface area contributed by atoms with Crippen molar-refractivity contribution in [2.45, 2.75) is 98.8 Å². The normalized spacial score (nSPS) is 36.5. The van der Waals surface area contributed by atoms with E-state index in [-0.39, 0.29) is 21.0 Å². The van der Waals surface area contributed by atoms with E-state index in [1.165, 1.54) is 11.1 Å². The molecule has 178 valence electrons. The first kappa shape index (κ1) is 26.4. The standard InChI is InChI=1S/C26H35Br3O3/c1-16-9-10-20(27)25(4)12-11-21(28)26(5,31)15-22(29)24(2,3)32-23(30)18-8-6-7-17(13-18)14-19(16)25/h6-8,13,20-22,31H,9-12,14-15H2,1-5H3/t20-,21+,22+,25-,26-/m0/s1. The Morgan fingerprint density at radius 1 is 1.03 bits per heavy atom. The van der Waals surface area contributed by atoms with E-state index in [1.807, 2.05) is 39.0 Å². The Labute approximate surface area is 218 Å². The summed E-state index contributed by atoms with van der Waals surface area (Å²) in [4.78, 5) is 13.1. The average molecular weight is 635 g/mol. The van der Waals surface area contributed by atoms with Crippen LogP contribution in [-0.2, 0) is 11.2 Å². The predicted octanol–water partition coefficient (Wildman–Crippen LogP) is 7.51. The van der Waals surface area contributed by atoms with Crippen molar-refractivity contribution >= 4 is 53.8 Å². The molecule has 1 aliphatic heterocycles. The van der Waals surface area contributed by atoms with Gasteiger partial charge >= 0.3 is 5.97 Å². The molecular weight excluding hydrogens is 600 g/mol. The molecule has 1 aromatic rings. The van der Waals surface area contributed by atoms with E-state index in [0.717, 1.165) is 37.7 Å². The summed E-state index contributed by atoms with van der Waals surface area (Å²) in [6.45, 7) is 10.3. The fourth-order valence-electron chi connectivity index (χ4n) is 5.00. The Kier molecular flexibility index (Phi) is 8.12. The van der Waals surface area contributed by atoms with Gasteiger partial charge in [0.25, 0.3) is 0 Å². The minimum absolute atomic E-state index is 0.0196. The molecule has 0 amide bonds. The largest absolute Gasteiger partial charge is 0.455 e. The van der Waals surface area contributed by atoms with Gasteiger partial charge in [-0.15, -0.1) is 0 Å². The molecule has 32 heavy (non-hydrogen) atoms. The van der Waals surface area contributed by atoms with Crippen molar-refractivity contribution in [3.05, 3.63) is 46.5 Å². The van der Waals surface area contributed by atoms with Gasteiger partial charge in [-0.3, -0.25) is 0 Å². The zero-order valence-corrected chi connectivity index (χ0v) is 24.4. The second-order valence-electron chi connectivity index (χ2n) is 10.6. The number of esters is 1. The number of aliphatic hydroxyl groups is 1. The minimum atomic E-state index is -0.957. The van der Waals surface area contributed by atoms with Crippen LogP contribution in [0.2, 0.25) is 0 Å². The number of benzene rings is 1. The lowest BCUT2D eigenvalue weighted by molar-refractivity contribution is -0.0192. The second-order valence-corrected chi connectivity index (χ2v) is 13.9. The van der Waals surface area contributed by atoms with Crippen molar-refractivity contribution in [2.24, 2.45) is 5.41 Å². The van der Waals surface area contributed by atoms with E-state index >= 15 is 0 Å². The molecule has 3 nitrogen and oxygen atoms in total. The van der Waals surface area contributed by atoms with Gasteiger partial charge in [-0.1, -0.05) is 78.0 Å². The summed E-state index contributed by atoms with van der Waals surface area (Å²) in [5, 5.41) is 11.4. The SMILES string of the molecule is CC1=C2Cc3cccc(c3)C(=O)OC(C)(C)[C@H](Br)C[C@](C)(O)[C@H](Br)CC[C@]2(C)[C@@H](Br)CC1.